The number of unbranched alkanes of at least 4 members (excludes halogenated alkanes) is 9. The topological polar surface area (TPSA) is 21.3 Å². The first-order valence-corrected chi connectivity index (χ1v) is 9.22. The lowest BCUT2D eigenvalue weighted by Gasteiger charge is -2.08. The Bertz CT molecular complexity index is 190. The Balaban J connectivity index is 1.66. The molecule has 0 radical (unpaired) electrons. The molecule has 1 unspecified atom stereocenters. The van der Waals surface area contributed by atoms with Gasteiger partial charge in [-0.3, -0.25) is 0 Å². The minimum Gasteiger partial charge on any atom is -0.381 e. The third kappa shape index (κ3) is 10.7. The number of rotatable bonds is 14. The zero-order valence-electron chi connectivity index (χ0n) is 13.8. The van der Waals surface area contributed by atoms with Crippen LogP contribution in [0.15, 0.2) is 0 Å². The van der Waals surface area contributed by atoms with Gasteiger partial charge in [0, 0.05) is 13.2 Å². The summed E-state index contributed by atoms with van der Waals surface area (Å²) in [6.45, 7) is 6.67. The molecule has 0 aliphatic carbocycles. The molecule has 1 fully saturated rings. The van der Waals surface area contributed by atoms with Crippen molar-refractivity contribution < 1.29 is 4.74 Å². The van der Waals surface area contributed by atoms with Crippen LogP contribution >= 0.6 is 0 Å². The minimum atomic E-state index is 0.829. The van der Waals surface area contributed by atoms with Crippen molar-refractivity contribution in [2.24, 2.45) is 5.92 Å². The maximum absolute atomic E-state index is 5.39. The number of hydrogen-bond acceptors (Lipinski definition) is 2. The highest BCUT2D eigenvalue weighted by atomic mass is 16.5. The highest BCUT2D eigenvalue weighted by Crippen LogP contribution is 2.15. The molecule has 0 bridgehead atoms. The Morgan fingerprint density at radius 1 is 0.850 bits per heavy atom. The van der Waals surface area contributed by atoms with Crippen LogP contribution in [0.3, 0.4) is 0 Å². The van der Waals surface area contributed by atoms with Gasteiger partial charge in [-0.15, -0.1) is 0 Å². The molecule has 1 rings (SSSR count). The Morgan fingerprint density at radius 2 is 1.50 bits per heavy atom. The van der Waals surface area contributed by atoms with E-state index in [1.54, 1.807) is 0 Å². The highest BCUT2D eigenvalue weighted by molar-refractivity contribution is 4.65. The molecule has 0 aromatic rings. The highest BCUT2D eigenvalue weighted by Gasteiger charge is 2.14. The number of hydrogen-bond donors (Lipinski definition) is 1. The van der Waals surface area contributed by atoms with E-state index in [4.69, 9.17) is 4.74 Å². The van der Waals surface area contributed by atoms with Gasteiger partial charge >= 0.3 is 0 Å². The first-order valence-electron chi connectivity index (χ1n) is 9.22. The molecular weight excluding hydrogens is 246 g/mol. The van der Waals surface area contributed by atoms with Crippen molar-refractivity contribution in [3.63, 3.8) is 0 Å². The van der Waals surface area contributed by atoms with Crippen LogP contribution in [-0.4, -0.2) is 26.3 Å². The second-order valence-electron chi connectivity index (χ2n) is 6.45. The normalized spacial score (nSPS) is 18.8. The molecule has 120 valence electrons. The molecule has 1 aliphatic heterocycles. The average molecular weight is 284 g/mol. The van der Waals surface area contributed by atoms with Gasteiger partial charge in [0.1, 0.15) is 0 Å². The van der Waals surface area contributed by atoms with E-state index in [0.717, 1.165) is 19.1 Å². The van der Waals surface area contributed by atoms with Gasteiger partial charge in [0.05, 0.1) is 0 Å². The Hall–Kier alpha value is -0.0800. The van der Waals surface area contributed by atoms with Crippen LogP contribution in [0.1, 0.15) is 84.0 Å². The molecule has 2 heteroatoms. The molecule has 20 heavy (non-hydrogen) atoms. The van der Waals surface area contributed by atoms with Crippen LogP contribution in [0, 0.1) is 5.92 Å². The summed E-state index contributed by atoms with van der Waals surface area (Å²) in [6.07, 6.45) is 16.9. The van der Waals surface area contributed by atoms with E-state index in [9.17, 15) is 0 Å². The van der Waals surface area contributed by atoms with Crippen LogP contribution in [0.25, 0.3) is 0 Å². The summed E-state index contributed by atoms with van der Waals surface area (Å²) in [5.41, 5.74) is 0. The van der Waals surface area contributed by atoms with Gasteiger partial charge in [0.25, 0.3) is 0 Å². The van der Waals surface area contributed by atoms with E-state index in [1.807, 2.05) is 0 Å². The number of ether oxygens (including phenoxy) is 1. The number of nitrogens with one attached hydrogen (secondary N) is 1. The van der Waals surface area contributed by atoms with Crippen LogP contribution < -0.4 is 5.32 Å². The van der Waals surface area contributed by atoms with Gasteiger partial charge in [-0.2, -0.15) is 0 Å². The van der Waals surface area contributed by atoms with Crippen LogP contribution in [0.4, 0.5) is 0 Å². The second kappa shape index (κ2) is 13.9. The molecule has 0 amide bonds. The summed E-state index contributed by atoms with van der Waals surface area (Å²) < 4.78 is 5.39. The largest absolute Gasteiger partial charge is 0.381 e. The van der Waals surface area contributed by atoms with Crippen molar-refractivity contribution >= 4 is 0 Å². The Morgan fingerprint density at radius 3 is 2.10 bits per heavy atom. The average Bonchev–Trinajstić information content (AvgIpc) is 2.97. The van der Waals surface area contributed by atoms with Gasteiger partial charge in [-0.05, 0) is 38.3 Å². The SMILES string of the molecule is CCCCCCCCCCCCNCCC1CCOC1. The minimum absolute atomic E-state index is 0.829. The fourth-order valence-electron chi connectivity index (χ4n) is 2.98. The third-order valence-corrected chi connectivity index (χ3v) is 4.46. The molecular formula is C18H37NO. The lowest BCUT2D eigenvalue weighted by molar-refractivity contribution is 0.184. The van der Waals surface area contributed by atoms with Gasteiger partial charge in [0.15, 0.2) is 0 Å². The lowest BCUT2D eigenvalue weighted by Crippen LogP contribution is -2.19. The quantitative estimate of drug-likeness (QED) is 0.457. The van der Waals surface area contributed by atoms with Gasteiger partial charge in [-0.25, -0.2) is 0 Å². The van der Waals surface area contributed by atoms with E-state index < -0.39 is 0 Å². The van der Waals surface area contributed by atoms with Crippen molar-refractivity contribution in [3.8, 4) is 0 Å². The van der Waals surface area contributed by atoms with Crippen LogP contribution in [0.5, 0.6) is 0 Å². The van der Waals surface area contributed by atoms with E-state index in [2.05, 4.69) is 12.2 Å². The zero-order chi connectivity index (χ0) is 14.3. The summed E-state index contributed by atoms with van der Waals surface area (Å²) in [5.74, 6) is 0.829. The van der Waals surface area contributed by atoms with Crippen molar-refractivity contribution in [2.45, 2.75) is 84.0 Å². The monoisotopic (exact) mass is 283 g/mol. The summed E-state index contributed by atoms with van der Waals surface area (Å²) >= 11 is 0. The predicted molar refractivity (Wildman–Crippen MR) is 88.3 cm³/mol. The Kier molecular flexibility index (Phi) is 12.5. The van der Waals surface area contributed by atoms with Crippen LogP contribution in [-0.2, 0) is 4.74 Å². The Labute approximate surface area is 127 Å². The summed E-state index contributed by atoms with van der Waals surface area (Å²) in [5, 5.41) is 3.58. The van der Waals surface area contributed by atoms with E-state index in [0.29, 0.717) is 0 Å². The standard InChI is InChI=1S/C18H37NO/c1-2-3-4-5-6-7-8-9-10-11-14-19-15-12-18-13-16-20-17-18/h18-19H,2-17H2,1H3. The zero-order valence-corrected chi connectivity index (χ0v) is 13.8. The molecule has 1 saturated heterocycles. The van der Waals surface area contributed by atoms with Gasteiger partial charge in [-0.1, -0.05) is 64.7 Å². The maximum atomic E-state index is 5.39. The van der Waals surface area contributed by atoms with E-state index >= 15 is 0 Å². The fourth-order valence-corrected chi connectivity index (χ4v) is 2.98. The van der Waals surface area contributed by atoms with Crippen molar-refractivity contribution in [1.29, 1.82) is 0 Å². The van der Waals surface area contributed by atoms with Crippen molar-refractivity contribution in [3.05, 3.63) is 0 Å². The molecule has 0 aromatic carbocycles. The van der Waals surface area contributed by atoms with E-state index in [1.165, 1.54) is 90.1 Å². The summed E-state index contributed by atoms with van der Waals surface area (Å²) in [4.78, 5) is 0. The third-order valence-electron chi connectivity index (χ3n) is 4.46. The fraction of sp³-hybridized carbons (Fsp3) is 1.00. The van der Waals surface area contributed by atoms with Crippen LogP contribution in [0.2, 0.25) is 0 Å². The van der Waals surface area contributed by atoms with Gasteiger partial charge in [0.2, 0.25) is 0 Å². The smallest absolute Gasteiger partial charge is 0.0495 e. The summed E-state index contributed by atoms with van der Waals surface area (Å²) in [7, 11) is 0. The van der Waals surface area contributed by atoms with Crippen molar-refractivity contribution in [1.82, 2.24) is 5.32 Å². The first-order chi connectivity index (χ1) is 9.93. The maximum Gasteiger partial charge on any atom is 0.0495 e. The molecule has 0 aromatic heterocycles. The molecule has 1 atom stereocenters. The first kappa shape index (κ1) is 18.0. The molecule has 1 aliphatic rings. The molecule has 1 N–H and O–H groups in total. The van der Waals surface area contributed by atoms with E-state index in [-0.39, 0.29) is 0 Å². The molecule has 2 nitrogen and oxygen atoms in total. The molecule has 0 saturated carbocycles. The molecule has 0 spiro atoms. The van der Waals surface area contributed by atoms with Gasteiger partial charge < -0.3 is 10.1 Å². The molecule has 1 heterocycles. The second-order valence-corrected chi connectivity index (χ2v) is 6.45. The predicted octanol–water partition coefficient (Wildman–Crippen LogP) is 4.92. The lowest BCUT2D eigenvalue weighted by atomic mass is 10.1. The summed E-state index contributed by atoms with van der Waals surface area (Å²) in [6, 6.07) is 0. The van der Waals surface area contributed by atoms with Crippen molar-refractivity contribution in [2.75, 3.05) is 26.3 Å².